The fraction of sp³-hybridized carbons (Fsp3) is 0.296. The summed E-state index contributed by atoms with van der Waals surface area (Å²) in [6.07, 6.45) is 0.656. The maximum Gasteiger partial charge on any atom is 0.496 e. The fourth-order valence-corrected chi connectivity index (χ4v) is 4.58. The lowest BCUT2D eigenvalue weighted by Crippen LogP contribution is -2.41. The van der Waals surface area contributed by atoms with Crippen LogP contribution in [-0.2, 0) is 14.0 Å². The molecule has 9 heteroatoms. The van der Waals surface area contributed by atoms with E-state index >= 15 is 0 Å². The molecule has 0 spiro atoms. The second-order valence-corrected chi connectivity index (χ2v) is 10.0. The van der Waals surface area contributed by atoms with Gasteiger partial charge in [0.25, 0.3) is 0 Å². The number of benzene rings is 2. The van der Waals surface area contributed by atoms with Gasteiger partial charge in [-0.25, -0.2) is 14.6 Å². The molecule has 0 saturated carbocycles. The van der Waals surface area contributed by atoms with Crippen molar-refractivity contribution in [3.8, 4) is 11.1 Å². The van der Waals surface area contributed by atoms with Gasteiger partial charge in [-0.3, -0.25) is 5.32 Å². The van der Waals surface area contributed by atoms with Crippen molar-refractivity contribution in [3.63, 3.8) is 0 Å². The number of amides is 1. The van der Waals surface area contributed by atoms with Crippen molar-refractivity contribution in [2.24, 2.45) is 0 Å². The number of nitrogens with one attached hydrogen (secondary N) is 1. The zero-order chi connectivity index (χ0) is 25.7. The number of rotatable bonds is 5. The lowest BCUT2D eigenvalue weighted by Gasteiger charge is -2.32. The first-order valence-electron chi connectivity index (χ1n) is 11.8. The van der Waals surface area contributed by atoms with E-state index in [9.17, 15) is 14.7 Å². The van der Waals surface area contributed by atoms with Crippen molar-refractivity contribution in [2.75, 3.05) is 11.9 Å². The van der Waals surface area contributed by atoms with E-state index < -0.39 is 30.4 Å². The first kappa shape index (κ1) is 24.0. The van der Waals surface area contributed by atoms with Crippen molar-refractivity contribution >= 4 is 30.5 Å². The number of aromatic carboxylic acids is 1. The second kappa shape index (κ2) is 8.76. The van der Waals surface area contributed by atoms with Crippen LogP contribution >= 0.6 is 0 Å². The average Bonchev–Trinajstić information content (AvgIpc) is 3.27. The molecular formula is C27H27BN2O6. The summed E-state index contributed by atoms with van der Waals surface area (Å²) in [5.41, 5.74) is 3.51. The Morgan fingerprint density at radius 2 is 1.56 bits per heavy atom. The van der Waals surface area contributed by atoms with Crippen LogP contribution in [0.25, 0.3) is 11.1 Å². The van der Waals surface area contributed by atoms with Crippen LogP contribution in [0.4, 0.5) is 10.6 Å². The van der Waals surface area contributed by atoms with E-state index in [1.807, 2.05) is 64.1 Å². The lowest BCUT2D eigenvalue weighted by molar-refractivity contribution is 0.00578. The summed E-state index contributed by atoms with van der Waals surface area (Å²) in [6.45, 7) is 7.74. The Labute approximate surface area is 209 Å². The zero-order valence-corrected chi connectivity index (χ0v) is 20.6. The number of hydrogen-bond donors (Lipinski definition) is 2. The number of pyridine rings is 1. The minimum Gasteiger partial charge on any atom is -0.478 e. The summed E-state index contributed by atoms with van der Waals surface area (Å²) in [7, 11) is -0.774. The van der Waals surface area contributed by atoms with Crippen molar-refractivity contribution in [1.29, 1.82) is 0 Å². The number of carboxylic acid groups (broad SMARTS) is 1. The Kier molecular flexibility index (Phi) is 5.85. The number of ether oxygens (including phenoxy) is 1. The third kappa shape index (κ3) is 4.14. The maximum absolute atomic E-state index is 12.7. The molecular weight excluding hydrogens is 459 g/mol. The maximum atomic E-state index is 12.7. The van der Waals surface area contributed by atoms with Crippen molar-refractivity contribution in [1.82, 2.24) is 4.98 Å². The van der Waals surface area contributed by atoms with E-state index in [1.54, 1.807) is 0 Å². The number of fused-ring (bicyclic) bond motifs is 3. The van der Waals surface area contributed by atoms with Crippen LogP contribution in [-0.4, -0.2) is 47.1 Å². The number of hydrogen-bond acceptors (Lipinski definition) is 6. The minimum absolute atomic E-state index is 0.105. The van der Waals surface area contributed by atoms with E-state index in [0.717, 1.165) is 22.3 Å². The topological polar surface area (TPSA) is 107 Å². The number of carboxylic acids is 1. The predicted octanol–water partition coefficient (Wildman–Crippen LogP) is 4.44. The highest BCUT2D eigenvalue weighted by atomic mass is 16.7. The third-order valence-corrected chi connectivity index (χ3v) is 7.23. The molecule has 2 aromatic carbocycles. The minimum atomic E-state index is -1.24. The molecule has 2 aliphatic rings. The highest BCUT2D eigenvalue weighted by Gasteiger charge is 2.52. The number of nitrogens with zero attached hydrogens (tertiary/aromatic N) is 1. The summed E-state index contributed by atoms with van der Waals surface area (Å²) in [5.74, 6) is -1.46. The molecule has 3 aromatic rings. The van der Waals surface area contributed by atoms with E-state index in [-0.39, 0.29) is 23.9 Å². The van der Waals surface area contributed by atoms with Crippen LogP contribution in [0, 0.1) is 0 Å². The highest BCUT2D eigenvalue weighted by molar-refractivity contribution is 6.62. The van der Waals surface area contributed by atoms with Gasteiger partial charge in [0, 0.05) is 17.6 Å². The van der Waals surface area contributed by atoms with E-state index in [2.05, 4.69) is 22.4 Å². The monoisotopic (exact) mass is 486 g/mol. The highest BCUT2D eigenvalue weighted by Crippen LogP contribution is 2.44. The summed E-state index contributed by atoms with van der Waals surface area (Å²) in [4.78, 5) is 28.8. The number of anilines is 1. The molecule has 0 atom stereocenters. The van der Waals surface area contributed by atoms with Crippen LogP contribution in [0.1, 0.15) is 55.1 Å². The Hall–Kier alpha value is -3.69. The molecule has 2 N–H and O–H groups in total. The largest absolute Gasteiger partial charge is 0.496 e. The molecule has 0 bridgehead atoms. The molecule has 1 fully saturated rings. The SMILES string of the molecule is CC1(C)OB(c2cnc(NC(=O)OCC3c4ccccc4-c4ccccc43)c(C(=O)O)c2)OC1(C)C. The van der Waals surface area contributed by atoms with Gasteiger partial charge in [0.2, 0.25) is 0 Å². The fourth-order valence-electron chi connectivity index (χ4n) is 4.58. The molecule has 2 heterocycles. The van der Waals surface area contributed by atoms with E-state index in [0.29, 0.717) is 5.46 Å². The van der Waals surface area contributed by atoms with Crippen LogP contribution in [0.2, 0.25) is 0 Å². The molecule has 36 heavy (non-hydrogen) atoms. The lowest BCUT2D eigenvalue weighted by atomic mass is 9.79. The second-order valence-electron chi connectivity index (χ2n) is 10.0. The number of carbonyl (C=O) groups is 2. The van der Waals surface area contributed by atoms with Crippen molar-refractivity contribution in [2.45, 2.75) is 44.8 Å². The summed E-state index contributed by atoms with van der Waals surface area (Å²) in [6, 6.07) is 17.5. The first-order chi connectivity index (χ1) is 17.1. The zero-order valence-electron chi connectivity index (χ0n) is 20.6. The van der Waals surface area contributed by atoms with E-state index in [1.165, 1.54) is 12.3 Å². The van der Waals surface area contributed by atoms with Crippen molar-refractivity contribution in [3.05, 3.63) is 77.5 Å². The van der Waals surface area contributed by atoms with Gasteiger partial charge in [-0.15, -0.1) is 0 Å². The van der Waals surface area contributed by atoms with E-state index in [4.69, 9.17) is 14.0 Å². The van der Waals surface area contributed by atoms with Gasteiger partial charge in [-0.1, -0.05) is 48.5 Å². The first-order valence-corrected chi connectivity index (χ1v) is 11.8. The Balaban J connectivity index is 1.31. The summed E-state index contributed by atoms with van der Waals surface area (Å²) in [5, 5.41) is 12.2. The van der Waals surface area contributed by atoms with Crippen LogP contribution in [0.3, 0.4) is 0 Å². The summed E-state index contributed by atoms with van der Waals surface area (Å²) >= 11 is 0. The molecule has 1 aliphatic carbocycles. The Morgan fingerprint density at radius 3 is 2.11 bits per heavy atom. The van der Waals surface area contributed by atoms with Crippen molar-refractivity contribution < 1.29 is 28.7 Å². The molecule has 8 nitrogen and oxygen atoms in total. The molecule has 1 aliphatic heterocycles. The summed E-state index contributed by atoms with van der Waals surface area (Å²) < 4.78 is 17.5. The molecule has 5 rings (SSSR count). The Bertz CT molecular complexity index is 1290. The number of aromatic nitrogens is 1. The van der Waals surface area contributed by atoms with Crippen LogP contribution in [0.15, 0.2) is 60.8 Å². The molecule has 1 amide bonds. The molecule has 0 unspecified atom stereocenters. The van der Waals surface area contributed by atoms with Gasteiger partial charge in [0.1, 0.15) is 18.0 Å². The van der Waals surface area contributed by atoms with Gasteiger partial charge in [0.15, 0.2) is 0 Å². The van der Waals surface area contributed by atoms with Gasteiger partial charge in [-0.05, 0) is 56.0 Å². The smallest absolute Gasteiger partial charge is 0.478 e. The average molecular weight is 486 g/mol. The standard InChI is InChI=1S/C27H27BN2O6/c1-26(2)27(3,4)36-28(35-26)16-13-21(24(31)32)23(29-14-16)30-25(33)34-15-22-19-11-7-5-9-17(19)18-10-6-8-12-20(18)22/h5-14,22H,15H2,1-4H3,(H,31,32)(H,29,30,33). The van der Waals surface area contributed by atoms with Gasteiger partial charge in [-0.2, -0.15) is 0 Å². The van der Waals surface area contributed by atoms with Crippen LogP contribution < -0.4 is 10.8 Å². The number of carbonyl (C=O) groups excluding carboxylic acids is 1. The third-order valence-electron chi connectivity index (χ3n) is 7.23. The molecule has 184 valence electrons. The van der Waals surface area contributed by atoms with Gasteiger partial charge < -0.3 is 19.2 Å². The predicted molar refractivity (Wildman–Crippen MR) is 136 cm³/mol. The normalized spacial score (nSPS) is 17.4. The molecule has 1 saturated heterocycles. The van der Waals surface area contributed by atoms with Gasteiger partial charge >= 0.3 is 19.2 Å². The Morgan fingerprint density at radius 1 is 1.00 bits per heavy atom. The quantitative estimate of drug-likeness (QED) is 0.514. The van der Waals surface area contributed by atoms with Crippen LogP contribution in [0.5, 0.6) is 0 Å². The molecule has 0 radical (unpaired) electrons. The molecule has 1 aromatic heterocycles. The van der Waals surface area contributed by atoms with Gasteiger partial charge in [0.05, 0.1) is 11.2 Å².